The van der Waals surface area contributed by atoms with Gasteiger partial charge in [0.1, 0.15) is 17.4 Å². The first-order chi connectivity index (χ1) is 59.1. The molecule has 6 heterocycles. The van der Waals surface area contributed by atoms with E-state index >= 15 is 0 Å². The fraction of sp³-hybridized carbons (Fsp3) is 0.673. The van der Waals surface area contributed by atoms with E-state index in [0.29, 0.717) is 66.8 Å². The van der Waals surface area contributed by atoms with Gasteiger partial charge in [-0.2, -0.15) is 0 Å². The van der Waals surface area contributed by atoms with E-state index in [0.717, 1.165) is 144 Å². The van der Waals surface area contributed by atoms with Gasteiger partial charge in [0, 0.05) is 175 Å². The van der Waals surface area contributed by atoms with Gasteiger partial charge in [-0.15, -0.1) is 13.2 Å². The van der Waals surface area contributed by atoms with Crippen LogP contribution in [0.15, 0.2) is 146 Å². The SMILES string of the molecule is CC(C)N1CCCC1.CC(C)N1CCN(c2ccccn2)CC1.CC(C)NC1CC1.CC(C)NC1CCN(Cc2ccccc2)CC1.CC(C)NCCCN1CCCC1=O.CC(C)NCCCn1ccnc1.CC(C)NCc1ccc(Cl)cc1.CC(C)NCc1ccc(F)cc1.CC(C)NCc1ccc(OC(F)(F)F)cc1.CCCCCCCCNC(C)C. The monoisotopic (exact) mass is 1760 g/mol. The number of carbonyl (C=O) groups excluding carboxylic acids is 1. The van der Waals surface area contributed by atoms with Gasteiger partial charge in [0.15, 0.2) is 0 Å². The third kappa shape index (κ3) is 64.6. The van der Waals surface area contributed by atoms with E-state index in [1.54, 1.807) is 24.3 Å². The summed E-state index contributed by atoms with van der Waals surface area (Å²) >= 11 is 5.75. The van der Waals surface area contributed by atoms with Crippen molar-refractivity contribution in [3.63, 3.8) is 0 Å². The molecule has 0 unspecified atom stereocenters. The molecule has 5 fully saturated rings. The molecule has 1 aliphatic carbocycles. The molecule has 4 saturated heterocycles. The Hall–Kier alpha value is -6.12. The number of rotatable bonds is 37. The topological polar surface area (TPSA) is 169 Å². The number of piperidine rings is 1. The van der Waals surface area contributed by atoms with Gasteiger partial charge in [0.2, 0.25) is 5.91 Å². The van der Waals surface area contributed by atoms with Crippen molar-refractivity contribution in [1.82, 2.24) is 76.7 Å². The lowest BCUT2D eigenvalue weighted by Crippen LogP contribution is -2.49. The van der Waals surface area contributed by atoms with Gasteiger partial charge < -0.3 is 66.5 Å². The number of aromatic nitrogens is 3. The molecule has 0 spiro atoms. The molecular formula is C101H175ClF4N16O2. The Morgan fingerprint density at radius 2 is 0.903 bits per heavy atom. The van der Waals surface area contributed by atoms with E-state index < -0.39 is 6.36 Å². The molecule has 0 bridgehead atoms. The van der Waals surface area contributed by atoms with Crippen molar-refractivity contribution in [3.05, 3.63) is 179 Å². The molecule has 0 radical (unpaired) electrons. The van der Waals surface area contributed by atoms with Crippen molar-refractivity contribution in [3.8, 4) is 5.75 Å². The highest BCUT2D eigenvalue weighted by atomic mass is 35.5. The first kappa shape index (κ1) is 114. The minimum Gasteiger partial charge on any atom is -0.406 e. The number of aryl methyl sites for hydroxylation is 1. The molecule has 1 saturated carbocycles. The minimum atomic E-state index is -4.63. The summed E-state index contributed by atoms with van der Waals surface area (Å²) in [5.74, 6) is 1.08. The molecule has 6 aromatic rings. The highest BCUT2D eigenvalue weighted by molar-refractivity contribution is 6.30. The average molecular weight is 1760 g/mol. The number of nitrogens with zero attached hydrogens (tertiary/aromatic N) is 8. The first-order valence-electron chi connectivity index (χ1n) is 47.5. The second-order valence-corrected chi connectivity index (χ2v) is 36.7. The van der Waals surface area contributed by atoms with E-state index in [1.165, 1.54) is 145 Å². The molecule has 5 aliphatic rings. The fourth-order valence-corrected chi connectivity index (χ4v) is 13.6. The highest BCUT2D eigenvalue weighted by Gasteiger charge is 2.31. The van der Waals surface area contributed by atoms with Crippen LogP contribution in [-0.4, -0.2) is 204 Å². The largest absolute Gasteiger partial charge is 0.573 e. The number of carbonyl (C=O) groups is 1. The maximum Gasteiger partial charge on any atom is 0.573 e. The summed E-state index contributed by atoms with van der Waals surface area (Å²) in [7, 11) is 0. The lowest BCUT2D eigenvalue weighted by molar-refractivity contribution is -0.274. The number of unbranched alkanes of at least 4 members (excludes halogenated alkanes) is 5. The fourth-order valence-electron chi connectivity index (χ4n) is 13.5. The molecule has 23 heteroatoms. The molecule has 4 aromatic carbocycles. The molecule has 1 amide bonds. The Kier molecular flexibility index (Phi) is 64.2. The molecular weight excluding hydrogens is 1580 g/mol. The molecule has 0 atom stereocenters. The number of piperazine rings is 1. The number of hydrogen-bond acceptors (Lipinski definition) is 16. The number of alkyl halides is 3. The van der Waals surface area contributed by atoms with Crippen LogP contribution in [0.25, 0.3) is 0 Å². The van der Waals surface area contributed by atoms with E-state index in [-0.39, 0.29) is 11.6 Å². The number of pyridine rings is 1. The Morgan fingerprint density at radius 1 is 0.452 bits per heavy atom. The first-order valence-corrected chi connectivity index (χ1v) is 47.9. The zero-order valence-corrected chi connectivity index (χ0v) is 81.9. The van der Waals surface area contributed by atoms with Crippen LogP contribution in [-0.2, 0) is 37.5 Å². The van der Waals surface area contributed by atoms with E-state index in [1.807, 2.05) is 74.0 Å². The van der Waals surface area contributed by atoms with Crippen LogP contribution in [0.4, 0.5) is 23.4 Å². The number of benzene rings is 4. The predicted octanol–water partition coefficient (Wildman–Crippen LogP) is 20.8. The minimum absolute atomic E-state index is 0.178. The Labute approximate surface area is 757 Å². The summed E-state index contributed by atoms with van der Waals surface area (Å²) in [5, 5.41) is 27.8. The van der Waals surface area contributed by atoms with Gasteiger partial charge in [-0.1, -0.05) is 234 Å². The maximum absolute atomic E-state index is 12.5. The average Bonchev–Trinajstić information content (AvgIpc) is 1.30. The van der Waals surface area contributed by atoms with Crippen LogP contribution >= 0.6 is 11.6 Å². The molecule has 11 rings (SSSR count). The van der Waals surface area contributed by atoms with Crippen molar-refractivity contribution in [2.45, 2.75) is 360 Å². The molecule has 124 heavy (non-hydrogen) atoms. The molecule has 18 nitrogen and oxygen atoms in total. The third-order valence-electron chi connectivity index (χ3n) is 20.7. The number of halogens is 5. The lowest BCUT2D eigenvalue weighted by Gasteiger charge is -2.37. The number of anilines is 1. The van der Waals surface area contributed by atoms with Gasteiger partial charge in [-0.3, -0.25) is 14.6 Å². The number of nitrogens with one attached hydrogen (secondary N) is 8. The van der Waals surface area contributed by atoms with Gasteiger partial charge in [0.05, 0.1) is 6.33 Å². The third-order valence-corrected chi connectivity index (χ3v) is 20.9. The summed E-state index contributed by atoms with van der Waals surface area (Å²) in [6.07, 6.45) is 23.5. The second-order valence-electron chi connectivity index (χ2n) is 36.2. The van der Waals surface area contributed by atoms with Crippen LogP contribution < -0.4 is 52.2 Å². The van der Waals surface area contributed by atoms with Gasteiger partial charge in [-0.25, -0.2) is 14.4 Å². The Morgan fingerprint density at radius 3 is 1.32 bits per heavy atom. The second kappa shape index (κ2) is 69.9. The van der Waals surface area contributed by atoms with Crippen molar-refractivity contribution < 1.29 is 27.1 Å². The normalized spacial score (nSPS) is 15.0. The van der Waals surface area contributed by atoms with E-state index in [9.17, 15) is 22.4 Å². The smallest absolute Gasteiger partial charge is 0.406 e. The molecule has 706 valence electrons. The number of amides is 1. The highest BCUT2D eigenvalue weighted by Crippen LogP contribution is 2.24. The van der Waals surface area contributed by atoms with Crippen LogP contribution in [0, 0.1) is 5.82 Å². The van der Waals surface area contributed by atoms with Crippen molar-refractivity contribution in [1.29, 1.82) is 0 Å². The molecule has 8 N–H and O–H groups in total. The zero-order valence-electron chi connectivity index (χ0n) is 81.1. The van der Waals surface area contributed by atoms with Crippen LogP contribution in [0.5, 0.6) is 5.75 Å². The van der Waals surface area contributed by atoms with Crippen LogP contribution in [0.3, 0.4) is 0 Å². The predicted molar refractivity (Wildman–Crippen MR) is 520 cm³/mol. The Bertz CT molecular complexity index is 3330. The standard InChI is InChI=1S/C15H24N2.C12H19N3.C11H14F3NO.C11H25N.C10H14ClN.C10H14FN.C10H20N2O.C9H17N3.C7H15N.C6H13N/c1-13(2)16-15-8-10-17(11-9-15)12-14-6-4-3-5-7-14;1-11(2)14-7-9-15(10-8-14)12-5-3-4-6-13-12;1-8(2)15-7-9-3-5-10(6-4-9)16-11(12,13)14;1-4-5-6-7-8-9-10-12-11(2)3;2*1-8(2)12-7-9-3-5-10(11)6-4-9;1-9(2)11-6-4-8-12-7-3-5-10(12)13;1-9(2)11-4-3-6-12-7-5-10-8-12;1-7(2)8-5-3-4-6-8;1-5(2)7-6-3-4-6/h3-7,13,15-16H,8-12H2,1-2H3;3-6,11H,7-10H2,1-2H3;3-6,8,15H,7H2,1-2H3;11-12H,4-10H2,1-3H3;2*3-6,8,12H,7H2,1-2H3;9,11H,3-8H2,1-2H3;5,7-9,11H,3-4,6H2,1-2H3;7H,3-6H2,1-2H3;5-7H,3-4H2,1-2H3. The number of ether oxygens (including phenoxy) is 1. The lowest BCUT2D eigenvalue weighted by atomic mass is 10.0. The van der Waals surface area contributed by atoms with Crippen molar-refractivity contribution in [2.24, 2.45) is 0 Å². The summed E-state index contributed by atoms with van der Waals surface area (Å²) in [6, 6.07) is 44.7. The van der Waals surface area contributed by atoms with Gasteiger partial charge in [-0.05, 0) is 209 Å². The Balaban J connectivity index is 0.000000470. The van der Waals surface area contributed by atoms with Crippen molar-refractivity contribution in [2.75, 3.05) is 90.0 Å². The maximum atomic E-state index is 12.5. The van der Waals surface area contributed by atoms with Crippen molar-refractivity contribution >= 4 is 23.3 Å². The van der Waals surface area contributed by atoms with Gasteiger partial charge in [0.25, 0.3) is 0 Å². The summed E-state index contributed by atoms with van der Waals surface area (Å²) in [4.78, 5) is 31.5. The molecule has 4 aliphatic heterocycles. The van der Waals surface area contributed by atoms with E-state index in [2.05, 4.69) is 255 Å². The summed E-state index contributed by atoms with van der Waals surface area (Å²) < 4.78 is 53.9. The van der Waals surface area contributed by atoms with Crippen LogP contribution in [0.2, 0.25) is 5.02 Å². The molecule has 2 aromatic heterocycles. The summed E-state index contributed by atoms with van der Waals surface area (Å²) in [5.41, 5.74) is 4.74. The summed E-state index contributed by atoms with van der Waals surface area (Å²) in [6.45, 7) is 64.9. The number of likely N-dealkylation sites (tertiary alicyclic amines) is 3. The van der Waals surface area contributed by atoms with E-state index in [4.69, 9.17) is 11.6 Å². The number of hydrogen-bond donors (Lipinski definition) is 8. The number of imidazole rings is 1. The quantitative estimate of drug-likeness (QED) is 0.0137. The zero-order chi connectivity index (χ0) is 91.9. The van der Waals surface area contributed by atoms with Gasteiger partial charge >= 0.3 is 6.36 Å². The van der Waals surface area contributed by atoms with Crippen LogP contribution in [0.1, 0.15) is 270 Å².